The predicted molar refractivity (Wildman–Crippen MR) is 117 cm³/mol. The van der Waals surface area contributed by atoms with Gasteiger partial charge in [0.25, 0.3) is 0 Å². The van der Waals surface area contributed by atoms with Gasteiger partial charge in [-0.1, -0.05) is 54.6 Å². The zero-order valence-electron chi connectivity index (χ0n) is 17.8. The van der Waals surface area contributed by atoms with Crippen LogP contribution in [0.25, 0.3) is 0 Å². The fraction of sp³-hybridized carbons (Fsp3) is 0.520. The third kappa shape index (κ3) is 8.64. The number of benzene rings is 1. The summed E-state index contributed by atoms with van der Waals surface area (Å²) in [7, 11) is 0. The number of allylic oxidation sites excluding steroid dienone is 2. The van der Waals surface area contributed by atoms with Crippen LogP contribution in [0.3, 0.4) is 0 Å². The van der Waals surface area contributed by atoms with Crippen LogP contribution in [0.15, 0.2) is 54.6 Å². The van der Waals surface area contributed by atoms with Crippen molar-refractivity contribution >= 4 is 11.8 Å². The first-order valence-corrected chi connectivity index (χ1v) is 10.9. The van der Waals surface area contributed by atoms with Crippen molar-refractivity contribution in [2.24, 2.45) is 11.8 Å². The third-order valence-electron chi connectivity index (χ3n) is 5.49. The molecule has 0 amide bonds. The number of ketones is 1. The summed E-state index contributed by atoms with van der Waals surface area (Å²) >= 11 is 0. The zero-order valence-corrected chi connectivity index (χ0v) is 17.8. The van der Waals surface area contributed by atoms with Gasteiger partial charge >= 0.3 is 5.97 Å². The summed E-state index contributed by atoms with van der Waals surface area (Å²) in [5.41, 5.74) is 1.18. The van der Waals surface area contributed by atoms with Crippen molar-refractivity contribution in [3.05, 3.63) is 60.2 Å². The van der Waals surface area contributed by atoms with Gasteiger partial charge in [0.05, 0.1) is 18.8 Å². The second kappa shape index (κ2) is 13.1. The number of carbonyl (C=O) groups is 2. The van der Waals surface area contributed by atoms with Crippen LogP contribution < -0.4 is 0 Å². The number of hydrogen-bond acceptors (Lipinski definition) is 5. The lowest BCUT2D eigenvalue weighted by molar-refractivity contribution is -0.141. The number of esters is 1. The molecule has 1 aromatic rings. The first kappa shape index (κ1) is 24.0. The number of Topliss-reactive ketones (excluding diaryl/α,β-unsaturated/α-hetero) is 1. The summed E-state index contributed by atoms with van der Waals surface area (Å²) in [6, 6.07) is 10.0. The number of unbranched alkanes of at least 4 members (excludes halogenated alkanes) is 2. The highest BCUT2D eigenvalue weighted by Crippen LogP contribution is 2.33. The molecule has 0 aliphatic heterocycles. The van der Waals surface area contributed by atoms with E-state index >= 15 is 0 Å². The lowest BCUT2D eigenvalue weighted by Gasteiger charge is -2.16. The molecule has 1 saturated carbocycles. The van der Waals surface area contributed by atoms with Gasteiger partial charge in [0.2, 0.25) is 0 Å². The molecule has 1 aliphatic rings. The normalized spacial score (nSPS) is 22.8. The molecule has 0 saturated heterocycles. The Morgan fingerprint density at radius 3 is 2.73 bits per heavy atom. The average molecular weight is 415 g/mol. The molecule has 5 heteroatoms. The standard InChI is InChI=1S/C25H34O5/c1-19(26)30-17-9-4-2-3-8-12-22-23(25(29)18-24(22)28)16-15-21(27)14-13-20-10-6-5-7-11-20/h3,5-8,10-11,15-16,21-23,25,27,29H,2,4,9,12-14,17-18H2,1H3/b8-3-,16-15+/t21-,22+,23+,25+/m0/s1. The number of aryl methyl sites for hydroxylation is 1. The number of aliphatic hydroxyl groups excluding tert-OH is 2. The van der Waals surface area contributed by atoms with Crippen molar-refractivity contribution in [1.29, 1.82) is 0 Å². The van der Waals surface area contributed by atoms with Crippen molar-refractivity contribution in [1.82, 2.24) is 0 Å². The Balaban J connectivity index is 1.76. The molecule has 164 valence electrons. The minimum atomic E-state index is -0.683. The van der Waals surface area contributed by atoms with Gasteiger partial charge in [0.1, 0.15) is 5.78 Å². The fourth-order valence-electron chi connectivity index (χ4n) is 3.78. The highest BCUT2D eigenvalue weighted by molar-refractivity contribution is 5.84. The number of ether oxygens (including phenoxy) is 1. The Bertz CT molecular complexity index is 710. The van der Waals surface area contributed by atoms with Crippen LogP contribution in [-0.2, 0) is 20.7 Å². The van der Waals surface area contributed by atoms with Crippen molar-refractivity contribution in [2.45, 2.75) is 64.1 Å². The third-order valence-corrected chi connectivity index (χ3v) is 5.49. The highest BCUT2D eigenvalue weighted by Gasteiger charge is 2.39. The maximum atomic E-state index is 12.3. The van der Waals surface area contributed by atoms with E-state index in [1.807, 2.05) is 48.6 Å². The van der Waals surface area contributed by atoms with Gasteiger partial charge in [-0.3, -0.25) is 9.59 Å². The number of rotatable bonds is 12. The molecule has 1 fully saturated rings. The lowest BCUT2D eigenvalue weighted by Crippen LogP contribution is -2.19. The van der Waals surface area contributed by atoms with Crippen LogP contribution in [0.2, 0.25) is 0 Å². The minimum absolute atomic E-state index is 0.0791. The summed E-state index contributed by atoms with van der Waals surface area (Å²) in [4.78, 5) is 23.0. The highest BCUT2D eigenvalue weighted by atomic mass is 16.5. The lowest BCUT2D eigenvalue weighted by atomic mass is 9.90. The Labute approximate surface area is 179 Å². The molecular formula is C25H34O5. The Kier molecular flexibility index (Phi) is 10.5. The largest absolute Gasteiger partial charge is 0.466 e. The summed E-state index contributed by atoms with van der Waals surface area (Å²) in [6.45, 7) is 1.84. The molecule has 30 heavy (non-hydrogen) atoms. The zero-order chi connectivity index (χ0) is 21.8. The topological polar surface area (TPSA) is 83.8 Å². The molecule has 2 N–H and O–H groups in total. The van der Waals surface area contributed by atoms with Crippen LogP contribution in [0, 0.1) is 11.8 Å². The van der Waals surface area contributed by atoms with E-state index in [9.17, 15) is 19.8 Å². The number of carbonyl (C=O) groups excluding carboxylic acids is 2. The van der Waals surface area contributed by atoms with Gasteiger partial charge in [0.15, 0.2) is 0 Å². The summed E-state index contributed by atoms with van der Waals surface area (Å²) in [6.07, 6.45) is 11.1. The van der Waals surface area contributed by atoms with Crippen LogP contribution in [0.4, 0.5) is 0 Å². The maximum Gasteiger partial charge on any atom is 0.302 e. The van der Waals surface area contributed by atoms with E-state index < -0.39 is 12.2 Å². The van der Waals surface area contributed by atoms with E-state index in [4.69, 9.17) is 4.74 Å². The van der Waals surface area contributed by atoms with Gasteiger partial charge in [-0.2, -0.15) is 0 Å². The van der Waals surface area contributed by atoms with Gasteiger partial charge < -0.3 is 14.9 Å². The van der Waals surface area contributed by atoms with E-state index in [0.717, 1.165) is 25.7 Å². The Morgan fingerprint density at radius 2 is 2.00 bits per heavy atom. The van der Waals surface area contributed by atoms with Crippen LogP contribution >= 0.6 is 0 Å². The van der Waals surface area contributed by atoms with Crippen molar-refractivity contribution in [3.8, 4) is 0 Å². The molecule has 0 aromatic heterocycles. The SMILES string of the molecule is CC(=O)OCCCC/C=C\C[C@H]1C(=O)C[C@@H](O)[C@@H]1/C=C/[C@@H](O)CCc1ccccc1. The van der Waals surface area contributed by atoms with E-state index in [-0.39, 0.29) is 30.0 Å². The minimum Gasteiger partial charge on any atom is -0.466 e. The number of aliphatic hydroxyl groups is 2. The Morgan fingerprint density at radius 1 is 1.23 bits per heavy atom. The predicted octanol–water partition coefficient (Wildman–Crippen LogP) is 3.78. The molecule has 0 unspecified atom stereocenters. The van der Waals surface area contributed by atoms with E-state index in [1.165, 1.54) is 12.5 Å². The second-order valence-corrected chi connectivity index (χ2v) is 7.94. The first-order valence-electron chi connectivity index (χ1n) is 10.9. The van der Waals surface area contributed by atoms with E-state index in [2.05, 4.69) is 0 Å². The van der Waals surface area contributed by atoms with Crippen LogP contribution in [0.1, 0.15) is 51.0 Å². The molecule has 0 heterocycles. The van der Waals surface area contributed by atoms with Crippen molar-refractivity contribution < 1.29 is 24.5 Å². The van der Waals surface area contributed by atoms with Crippen LogP contribution in [0.5, 0.6) is 0 Å². The summed E-state index contributed by atoms with van der Waals surface area (Å²) in [5.74, 6) is -0.670. The summed E-state index contributed by atoms with van der Waals surface area (Å²) < 4.78 is 4.89. The first-order chi connectivity index (χ1) is 14.5. The molecule has 5 nitrogen and oxygen atoms in total. The molecule has 4 atom stereocenters. The van der Waals surface area contributed by atoms with Gasteiger partial charge in [-0.15, -0.1) is 0 Å². The molecule has 0 spiro atoms. The Hall–Kier alpha value is -2.24. The molecule has 1 aromatic carbocycles. The van der Waals surface area contributed by atoms with Crippen molar-refractivity contribution in [2.75, 3.05) is 6.61 Å². The molecule has 0 bridgehead atoms. The van der Waals surface area contributed by atoms with E-state index in [1.54, 1.807) is 6.08 Å². The van der Waals surface area contributed by atoms with Gasteiger partial charge in [-0.25, -0.2) is 0 Å². The monoisotopic (exact) mass is 414 g/mol. The van der Waals surface area contributed by atoms with Gasteiger partial charge in [0, 0.05) is 25.2 Å². The van der Waals surface area contributed by atoms with Crippen molar-refractivity contribution in [3.63, 3.8) is 0 Å². The maximum absolute atomic E-state index is 12.3. The van der Waals surface area contributed by atoms with E-state index in [0.29, 0.717) is 19.4 Å². The summed E-state index contributed by atoms with van der Waals surface area (Å²) in [5, 5.41) is 20.5. The quantitative estimate of drug-likeness (QED) is 0.309. The number of hydrogen-bond donors (Lipinski definition) is 2. The molecule has 2 rings (SSSR count). The average Bonchev–Trinajstić information content (AvgIpc) is 2.99. The molecule has 1 aliphatic carbocycles. The molecular weight excluding hydrogens is 380 g/mol. The fourth-order valence-corrected chi connectivity index (χ4v) is 3.78. The second-order valence-electron chi connectivity index (χ2n) is 7.94. The smallest absolute Gasteiger partial charge is 0.302 e. The van der Waals surface area contributed by atoms with Crippen LogP contribution in [-0.4, -0.2) is 40.8 Å². The van der Waals surface area contributed by atoms with Gasteiger partial charge in [-0.05, 0) is 44.1 Å². The molecule has 0 radical (unpaired) electrons.